The van der Waals surface area contributed by atoms with Crippen molar-refractivity contribution in [2.45, 2.75) is 25.4 Å². The summed E-state index contributed by atoms with van der Waals surface area (Å²) in [6.45, 7) is 0.742. The molecule has 0 bridgehead atoms. The number of hydrogen-bond acceptors (Lipinski definition) is 3. The summed E-state index contributed by atoms with van der Waals surface area (Å²) >= 11 is 0. The van der Waals surface area contributed by atoms with Crippen molar-refractivity contribution in [1.29, 1.82) is 0 Å². The molecule has 0 aromatic heterocycles. The quantitative estimate of drug-likeness (QED) is 0.247. The van der Waals surface area contributed by atoms with Crippen LogP contribution in [0.25, 0.3) is 0 Å². The molecule has 1 aromatic rings. The van der Waals surface area contributed by atoms with Gasteiger partial charge in [-0.05, 0) is 18.4 Å². The summed E-state index contributed by atoms with van der Waals surface area (Å²) in [6.07, 6.45) is 0.898. The van der Waals surface area contributed by atoms with Gasteiger partial charge >= 0.3 is 6.03 Å². The molecule has 0 aliphatic carbocycles. The summed E-state index contributed by atoms with van der Waals surface area (Å²) in [7, 11) is 0. The Bertz CT molecular complexity index is 513. The largest absolute Gasteiger partial charge is 0.370 e. The fourth-order valence-electron chi connectivity index (χ4n) is 1.78. The van der Waals surface area contributed by atoms with E-state index in [1.807, 2.05) is 30.3 Å². The number of urea groups is 1. The van der Waals surface area contributed by atoms with Crippen LogP contribution in [0.2, 0.25) is 0 Å². The number of nitrogens with two attached hydrogens (primary N) is 3. The molecule has 22 heavy (non-hydrogen) atoms. The minimum atomic E-state index is -0.759. The van der Waals surface area contributed by atoms with Gasteiger partial charge in [0.15, 0.2) is 5.96 Å². The minimum absolute atomic E-state index is 0.0100. The van der Waals surface area contributed by atoms with Crippen molar-refractivity contribution in [1.82, 2.24) is 10.6 Å². The molecule has 0 unspecified atom stereocenters. The highest BCUT2D eigenvalue weighted by Gasteiger charge is 2.17. The normalized spacial score (nSPS) is 11.3. The monoisotopic (exact) mass is 306 g/mol. The lowest BCUT2D eigenvalue weighted by Gasteiger charge is -2.15. The first kappa shape index (κ1) is 17.3. The zero-order valence-corrected chi connectivity index (χ0v) is 12.3. The second-order valence-electron chi connectivity index (χ2n) is 4.72. The van der Waals surface area contributed by atoms with Gasteiger partial charge in [-0.15, -0.1) is 0 Å². The third kappa shape index (κ3) is 7.13. The number of amides is 3. The SMILES string of the molecule is NC(=O)[C@H](CCCN=C(N)N)NC(=O)NCc1ccccc1. The van der Waals surface area contributed by atoms with Crippen LogP contribution in [0.4, 0.5) is 4.79 Å². The van der Waals surface area contributed by atoms with E-state index in [0.717, 1.165) is 5.56 Å². The number of hydrogen-bond donors (Lipinski definition) is 5. The smallest absolute Gasteiger partial charge is 0.315 e. The molecule has 0 aliphatic rings. The van der Waals surface area contributed by atoms with Crippen LogP contribution in [0.15, 0.2) is 35.3 Å². The Hall–Kier alpha value is -2.77. The van der Waals surface area contributed by atoms with Gasteiger partial charge in [-0.1, -0.05) is 30.3 Å². The number of carbonyl (C=O) groups is 2. The van der Waals surface area contributed by atoms with Gasteiger partial charge in [-0.2, -0.15) is 0 Å². The fraction of sp³-hybridized carbons (Fsp3) is 0.357. The second-order valence-corrected chi connectivity index (χ2v) is 4.72. The predicted molar refractivity (Wildman–Crippen MR) is 84.7 cm³/mol. The van der Waals surface area contributed by atoms with Crippen molar-refractivity contribution in [2.24, 2.45) is 22.2 Å². The van der Waals surface area contributed by atoms with E-state index < -0.39 is 18.0 Å². The molecule has 0 aliphatic heterocycles. The number of nitrogens with one attached hydrogen (secondary N) is 2. The Kier molecular flexibility index (Phi) is 7.24. The molecule has 0 heterocycles. The van der Waals surface area contributed by atoms with Crippen LogP contribution < -0.4 is 27.8 Å². The van der Waals surface area contributed by atoms with Crippen molar-refractivity contribution < 1.29 is 9.59 Å². The highest BCUT2D eigenvalue weighted by molar-refractivity contribution is 5.85. The maximum absolute atomic E-state index is 11.8. The Morgan fingerprint density at radius 3 is 2.41 bits per heavy atom. The highest BCUT2D eigenvalue weighted by atomic mass is 16.2. The lowest BCUT2D eigenvalue weighted by Crippen LogP contribution is -2.48. The summed E-state index contributed by atoms with van der Waals surface area (Å²) in [5.74, 6) is -0.608. The maximum atomic E-state index is 11.8. The van der Waals surface area contributed by atoms with E-state index in [1.165, 1.54) is 0 Å². The highest BCUT2D eigenvalue weighted by Crippen LogP contribution is 1.99. The number of rotatable bonds is 8. The summed E-state index contributed by atoms with van der Waals surface area (Å²) in [5, 5.41) is 5.21. The van der Waals surface area contributed by atoms with E-state index in [-0.39, 0.29) is 5.96 Å². The van der Waals surface area contributed by atoms with Gasteiger partial charge in [0.1, 0.15) is 6.04 Å². The molecule has 120 valence electrons. The average Bonchev–Trinajstić information content (AvgIpc) is 2.48. The number of primary amides is 1. The molecule has 3 amide bonds. The molecule has 1 rings (SSSR count). The Morgan fingerprint density at radius 1 is 1.14 bits per heavy atom. The van der Waals surface area contributed by atoms with Gasteiger partial charge in [-0.3, -0.25) is 9.79 Å². The van der Waals surface area contributed by atoms with Crippen molar-refractivity contribution >= 4 is 17.9 Å². The Balaban J connectivity index is 2.37. The number of nitrogens with zero attached hydrogens (tertiary/aromatic N) is 1. The van der Waals surface area contributed by atoms with Crippen LogP contribution in [-0.4, -0.2) is 30.5 Å². The van der Waals surface area contributed by atoms with Crippen molar-refractivity contribution in [3.8, 4) is 0 Å². The predicted octanol–water partition coefficient (Wildman–Crippen LogP) is -0.607. The van der Waals surface area contributed by atoms with Crippen LogP contribution in [-0.2, 0) is 11.3 Å². The van der Waals surface area contributed by atoms with Crippen molar-refractivity contribution in [3.63, 3.8) is 0 Å². The lowest BCUT2D eigenvalue weighted by atomic mass is 10.1. The molecule has 8 nitrogen and oxygen atoms in total. The molecule has 1 aromatic carbocycles. The van der Waals surface area contributed by atoms with Crippen LogP contribution in [0.5, 0.6) is 0 Å². The topological polar surface area (TPSA) is 149 Å². The van der Waals surface area contributed by atoms with Crippen molar-refractivity contribution in [2.75, 3.05) is 6.54 Å². The number of aliphatic imine (C=N–C) groups is 1. The van der Waals surface area contributed by atoms with E-state index in [0.29, 0.717) is 25.9 Å². The van der Waals surface area contributed by atoms with E-state index in [2.05, 4.69) is 15.6 Å². The maximum Gasteiger partial charge on any atom is 0.315 e. The zero-order valence-electron chi connectivity index (χ0n) is 12.3. The third-order valence-corrected chi connectivity index (χ3v) is 2.89. The molecule has 0 fully saturated rings. The van der Waals surface area contributed by atoms with Gasteiger partial charge in [0.2, 0.25) is 5.91 Å². The summed E-state index contributed by atoms with van der Waals surface area (Å²) < 4.78 is 0. The molecule has 8 heteroatoms. The van der Waals surface area contributed by atoms with Crippen molar-refractivity contribution in [3.05, 3.63) is 35.9 Å². The third-order valence-electron chi connectivity index (χ3n) is 2.89. The molecule has 0 saturated heterocycles. The minimum Gasteiger partial charge on any atom is -0.370 e. The molecule has 0 spiro atoms. The van der Waals surface area contributed by atoms with Gasteiger partial charge in [-0.25, -0.2) is 4.79 Å². The van der Waals surface area contributed by atoms with Crippen LogP contribution in [0.3, 0.4) is 0 Å². The summed E-state index contributed by atoms with van der Waals surface area (Å²) in [5.41, 5.74) is 16.6. The summed E-state index contributed by atoms with van der Waals surface area (Å²) in [6, 6.07) is 8.22. The van der Waals surface area contributed by atoms with Crippen LogP contribution in [0.1, 0.15) is 18.4 Å². The number of carbonyl (C=O) groups excluding carboxylic acids is 2. The molecule has 0 radical (unpaired) electrons. The van der Waals surface area contributed by atoms with Gasteiger partial charge < -0.3 is 27.8 Å². The Morgan fingerprint density at radius 2 is 1.82 bits per heavy atom. The molecular weight excluding hydrogens is 284 g/mol. The first-order valence-electron chi connectivity index (χ1n) is 6.92. The van der Waals surface area contributed by atoms with E-state index in [4.69, 9.17) is 17.2 Å². The van der Waals surface area contributed by atoms with Gasteiger partial charge in [0.05, 0.1) is 0 Å². The van der Waals surface area contributed by atoms with Crippen LogP contribution in [0, 0.1) is 0 Å². The lowest BCUT2D eigenvalue weighted by molar-refractivity contribution is -0.119. The molecule has 8 N–H and O–H groups in total. The fourth-order valence-corrected chi connectivity index (χ4v) is 1.78. The second kappa shape index (κ2) is 9.22. The first-order valence-corrected chi connectivity index (χ1v) is 6.92. The molecular formula is C14H22N6O2. The van der Waals surface area contributed by atoms with Crippen LogP contribution >= 0.6 is 0 Å². The Labute approximate surface area is 129 Å². The first-order chi connectivity index (χ1) is 10.5. The van der Waals surface area contributed by atoms with Gasteiger partial charge in [0.25, 0.3) is 0 Å². The standard InChI is InChI=1S/C14H22N6O2/c15-12(21)11(7-4-8-18-13(16)17)20-14(22)19-9-10-5-2-1-3-6-10/h1-3,5-6,11H,4,7-9H2,(H2,15,21)(H4,16,17,18)(H2,19,20,22)/t11-/m0/s1. The summed E-state index contributed by atoms with van der Waals surface area (Å²) in [4.78, 5) is 26.9. The number of benzene rings is 1. The molecule has 0 saturated carbocycles. The average molecular weight is 306 g/mol. The van der Waals surface area contributed by atoms with E-state index >= 15 is 0 Å². The van der Waals surface area contributed by atoms with Gasteiger partial charge in [0, 0.05) is 13.1 Å². The van der Waals surface area contributed by atoms with E-state index in [1.54, 1.807) is 0 Å². The number of guanidine groups is 1. The van der Waals surface area contributed by atoms with E-state index in [9.17, 15) is 9.59 Å². The molecule has 1 atom stereocenters. The zero-order chi connectivity index (χ0) is 16.4.